The van der Waals surface area contributed by atoms with Crippen molar-refractivity contribution in [2.45, 2.75) is 38.4 Å². The fraction of sp³-hybridized carbons (Fsp3) is 0.438. The molecule has 1 aliphatic carbocycles. The highest BCUT2D eigenvalue weighted by molar-refractivity contribution is 9.10. The molecule has 4 rings (SSSR count). The van der Waals surface area contributed by atoms with Crippen LogP contribution in [0.3, 0.4) is 0 Å². The minimum atomic E-state index is 0.719. The molecule has 1 fully saturated rings. The van der Waals surface area contributed by atoms with Crippen LogP contribution in [0.2, 0.25) is 0 Å². The summed E-state index contributed by atoms with van der Waals surface area (Å²) < 4.78 is 8.89. The second-order valence-electron chi connectivity index (χ2n) is 5.81. The summed E-state index contributed by atoms with van der Waals surface area (Å²) in [6, 6.07) is 7.10. The van der Waals surface area contributed by atoms with Crippen LogP contribution in [0.15, 0.2) is 28.9 Å². The summed E-state index contributed by atoms with van der Waals surface area (Å²) in [6.07, 6.45) is 5.66. The zero-order valence-corrected chi connectivity index (χ0v) is 13.4. The molecule has 2 aromatic rings. The van der Waals surface area contributed by atoms with E-state index in [0.29, 0.717) is 0 Å². The summed E-state index contributed by atoms with van der Waals surface area (Å²) in [5.41, 5.74) is 3.60. The Bertz CT molecular complexity index is 664. The molecule has 0 spiro atoms. The first-order valence-corrected chi connectivity index (χ1v) is 8.27. The maximum absolute atomic E-state index is 5.78. The van der Waals surface area contributed by atoms with Crippen LogP contribution in [0.1, 0.15) is 29.7 Å². The molecule has 0 amide bonds. The quantitative estimate of drug-likeness (QED) is 0.903. The summed E-state index contributed by atoms with van der Waals surface area (Å²) in [5, 5.41) is 8.14. The number of halogens is 1. The van der Waals surface area contributed by atoms with E-state index in [2.05, 4.69) is 44.5 Å². The van der Waals surface area contributed by atoms with Crippen molar-refractivity contribution in [2.75, 3.05) is 6.61 Å². The first kappa shape index (κ1) is 13.3. The topological polar surface area (TPSA) is 39.1 Å². The van der Waals surface area contributed by atoms with E-state index >= 15 is 0 Å². The van der Waals surface area contributed by atoms with E-state index in [9.17, 15) is 0 Å². The monoisotopic (exact) mass is 347 g/mol. The van der Waals surface area contributed by atoms with Gasteiger partial charge in [-0.2, -0.15) is 5.10 Å². The van der Waals surface area contributed by atoms with E-state index in [4.69, 9.17) is 4.74 Å². The number of hydrogen-bond donors (Lipinski definition) is 1. The molecular formula is C16H18BrN3O. The van der Waals surface area contributed by atoms with Gasteiger partial charge in [0, 0.05) is 35.2 Å². The molecule has 0 unspecified atom stereocenters. The van der Waals surface area contributed by atoms with Crippen LogP contribution in [0.4, 0.5) is 0 Å². The lowest BCUT2D eigenvalue weighted by Gasteiger charge is -2.09. The Labute approximate surface area is 132 Å². The van der Waals surface area contributed by atoms with E-state index in [1.54, 1.807) is 0 Å². The van der Waals surface area contributed by atoms with Gasteiger partial charge < -0.3 is 10.1 Å². The summed E-state index contributed by atoms with van der Waals surface area (Å²) >= 11 is 3.59. The van der Waals surface area contributed by atoms with Crippen molar-refractivity contribution >= 4 is 15.9 Å². The van der Waals surface area contributed by atoms with Crippen LogP contribution < -0.4 is 10.1 Å². The molecule has 0 atom stereocenters. The van der Waals surface area contributed by atoms with E-state index in [1.165, 1.54) is 24.0 Å². The van der Waals surface area contributed by atoms with Crippen LogP contribution in [-0.4, -0.2) is 22.4 Å². The van der Waals surface area contributed by atoms with Crippen LogP contribution >= 0.6 is 15.9 Å². The Morgan fingerprint density at radius 3 is 3.14 bits per heavy atom. The van der Waals surface area contributed by atoms with Crippen molar-refractivity contribution in [1.29, 1.82) is 0 Å². The SMILES string of the molecule is Brc1cc2c(c(Cn3ccc(CNC4CC4)n3)c1)OCC2. The van der Waals surface area contributed by atoms with E-state index in [0.717, 1.165) is 48.1 Å². The predicted octanol–water partition coefficient (Wildman–Crippen LogP) is 2.88. The summed E-state index contributed by atoms with van der Waals surface area (Å²) in [4.78, 5) is 0. The Morgan fingerprint density at radius 2 is 2.29 bits per heavy atom. The molecule has 2 heterocycles. The van der Waals surface area contributed by atoms with E-state index < -0.39 is 0 Å². The average Bonchev–Trinajstić information content (AvgIpc) is 2.98. The minimum absolute atomic E-state index is 0.719. The van der Waals surface area contributed by atoms with Gasteiger partial charge in [-0.25, -0.2) is 0 Å². The van der Waals surface area contributed by atoms with Gasteiger partial charge >= 0.3 is 0 Å². The van der Waals surface area contributed by atoms with Gasteiger partial charge in [-0.05, 0) is 36.6 Å². The number of ether oxygens (including phenoxy) is 1. The molecule has 0 bridgehead atoms. The van der Waals surface area contributed by atoms with Gasteiger partial charge in [0.1, 0.15) is 5.75 Å². The Balaban J connectivity index is 1.50. The van der Waals surface area contributed by atoms with E-state index in [1.807, 2.05) is 10.9 Å². The molecule has 1 aromatic heterocycles. The molecule has 110 valence electrons. The highest BCUT2D eigenvalue weighted by atomic mass is 79.9. The van der Waals surface area contributed by atoms with Crippen LogP contribution in [0, 0.1) is 0 Å². The molecule has 1 N–H and O–H groups in total. The normalized spacial score (nSPS) is 16.8. The van der Waals surface area contributed by atoms with Crippen molar-refractivity contribution in [3.05, 3.63) is 45.7 Å². The van der Waals surface area contributed by atoms with Crippen molar-refractivity contribution in [1.82, 2.24) is 15.1 Å². The lowest BCUT2D eigenvalue weighted by Crippen LogP contribution is -2.16. The third-order valence-electron chi connectivity index (χ3n) is 4.00. The van der Waals surface area contributed by atoms with E-state index in [-0.39, 0.29) is 0 Å². The molecule has 0 saturated heterocycles. The van der Waals surface area contributed by atoms with Gasteiger partial charge in [0.15, 0.2) is 0 Å². The lowest BCUT2D eigenvalue weighted by atomic mass is 10.1. The Morgan fingerprint density at radius 1 is 1.38 bits per heavy atom. The maximum Gasteiger partial charge on any atom is 0.127 e. The maximum atomic E-state index is 5.78. The Hall–Kier alpha value is -1.33. The van der Waals surface area contributed by atoms with Gasteiger partial charge in [-0.1, -0.05) is 15.9 Å². The molecule has 4 nitrogen and oxygen atoms in total. The van der Waals surface area contributed by atoms with Crippen molar-refractivity contribution in [3.8, 4) is 5.75 Å². The van der Waals surface area contributed by atoms with Gasteiger partial charge in [0.2, 0.25) is 0 Å². The average molecular weight is 348 g/mol. The molecule has 1 aromatic carbocycles. The number of fused-ring (bicyclic) bond motifs is 1. The number of benzene rings is 1. The van der Waals surface area contributed by atoms with Crippen molar-refractivity contribution in [2.24, 2.45) is 0 Å². The predicted molar refractivity (Wildman–Crippen MR) is 84.5 cm³/mol. The molecule has 21 heavy (non-hydrogen) atoms. The second kappa shape index (κ2) is 5.46. The first-order valence-electron chi connectivity index (χ1n) is 7.48. The van der Waals surface area contributed by atoms with Gasteiger partial charge in [0.25, 0.3) is 0 Å². The molecule has 0 radical (unpaired) electrons. The minimum Gasteiger partial charge on any atom is -0.493 e. The van der Waals surface area contributed by atoms with Crippen molar-refractivity contribution < 1.29 is 4.74 Å². The van der Waals surface area contributed by atoms with Crippen LogP contribution in [-0.2, 0) is 19.5 Å². The third kappa shape index (κ3) is 2.99. The number of hydrogen-bond acceptors (Lipinski definition) is 3. The smallest absolute Gasteiger partial charge is 0.127 e. The lowest BCUT2D eigenvalue weighted by molar-refractivity contribution is 0.352. The molecule has 1 saturated carbocycles. The Kier molecular flexibility index (Phi) is 3.47. The zero-order valence-electron chi connectivity index (χ0n) is 11.8. The summed E-state index contributed by atoms with van der Waals surface area (Å²) in [5.74, 6) is 1.05. The largest absolute Gasteiger partial charge is 0.493 e. The van der Waals surface area contributed by atoms with Crippen molar-refractivity contribution in [3.63, 3.8) is 0 Å². The fourth-order valence-electron chi connectivity index (χ4n) is 2.76. The fourth-order valence-corrected chi connectivity index (χ4v) is 3.31. The number of aromatic nitrogens is 2. The summed E-state index contributed by atoms with van der Waals surface area (Å²) in [7, 11) is 0. The number of rotatable bonds is 5. The van der Waals surface area contributed by atoms with Gasteiger partial charge in [-0.3, -0.25) is 4.68 Å². The molecule has 1 aliphatic heterocycles. The van der Waals surface area contributed by atoms with Gasteiger partial charge in [-0.15, -0.1) is 0 Å². The highest BCUT2D eigenvalue weighted by Gasteiger charge is 2.21. The van der Waals surface area contributed by atoms with Gasteiger partial charge in [0.05, 0.1) is 18.8 Å². The first-order chi connectivity index (χ1) is 10.3. The van der Waals surface area contributed by atoms with Crippen LogP contribution in [0.25, 0.3) is 0 Å². The van der Waals surface area contributed by atoms with Crippen LogP contribution in [0.5, 0.6) is 5.75 Å². The highest BCUT2D eigenvalue weighted by Crippen LogP contribution is 2.33. The molecule has 5 heteroatoms. The summed E-state index contributed by atoms with van der Waals surface area (Å²) in [6.45, 7) is 2.41. The second-order valence-corrected chi connectivity index (χ2v) is 6.73. The number of nitrogens with zero attached hydrogens (tertiary/aromatic N) is 2. The third-order valence-corrected chi connectivity index (χ3v) is 4.46. The standard InChI is InChI=1S/C16H18BrN3O/c17-13-7-11-4-6-21-16(11)12(8-13)10-20-5-3-15(19-20)9-18-14-1-2-14/h3,5,7-8,14,18H,1-2,4,6,9-10H2. The zero-order chi connectivity index (χ0) is 14.2. The number of nitrogens with one attached hydrogen (secondary N) is 1. The molecule has 2 aliphatic rings. The molecular weight excluding hydrogens is 330 g/mol.